The number of benzene rings is 1. The third kappa shape index (κ3) is 3.84. The molecule has 0 heterocycles. The summed E-state index contributed by atoms with van der Waals surface area (Å²) in [5.41, 5.74) is 2.31. The molecule has 0 aromatic heterocycles. The summed E-state index contributed by atoms with van der Waals surface area (Å²) >= 11 is 0. The second kappa shape index (κ2) is 8.84. The van der Waals surface area contributed by atoms with Crippen LogP contribution in [-0.4, -0.2) is 30.6 Å². The van der Waals surface area contributed by atoms with Gasteiger partial charge >= 0.3 is 0 Å². The van der Waals surface area contributed by atoms with Crippen LogP contribution in [-0.2, 0) is 4.79 Å². The van der Waals surface area contributed by atoms with Gasteiger partial charge in [-0.05, 0) is 79.2 Å². The van der Waals surface area contributed by atoms with E-state index >= 15 is 8.78 Å². The van der Waals surface area contributed by atoms with E-state index in [1.54, 1.807) is 25.1 Å². The Balaban J connectivity index is 1.71. The quantitative estimate of drug-likeness (QED) is 0.490. The van der Waals surface area contributed by atoms with Crippen molar-refractivity contribution < 1.29 is 18.7 Å². The number of rotatable bonds is 2. The lowest BCUT2D eigenvalue weighted by Gasteiger charge is -2.53. The number of anilines is 1. The van der Waals surface area contributed by atoms with E-state index in [1.165, 1.54) is 23.3 Å². The largest absolute Gasteiger partial charge is 0.377 e. The van der Waals surface area contributed by atoms with Crippen molar-refractivity contribution >= 4 is 11.5 Å². The number of carbonyl (C=O) groups is 1. The van der Waals surface area contributed by atoms with Crippen molar-refractivity contribution in [3.8, 4) is 11.8 Å². The molecule has 5 atom stereocenters. The molecular formula is C31H37F2NO2. The fourth-order valence-electron chi connectivity index (χ4n) is 7.57. The monoisotopic (exact) mass is 493 g/mol. The van der Waals surface area contributed by atoms with E-state index in [0.29, 0.717) is 31.2 Å². The maximum atomic E-state index is 15.8. The fourth-order valence-corrected chi connectivity index (χ4v) is 7.57. The Hall–Kier alpha value is -2.45. The van der Waals surface area contributed by atoms with Gasteiger partial charge in [0.25, 0.3) is 0 Å². The molecule has 36 heavy (non-hydrogen) atoms. The molecule has 5 rings (SSSR count). The Morgan fingerprint density at radius 2 is 1.86 bits per heavy atom. The molecule has 4 aliphatic rings. The highest BCUT2D eigenvalue weighted by Crippen LogP contribution is 2.66. The van der Waals surface area contributed by atoms with Gasteiger partial charge in [0.15, 0.2) is 5.78 Å². The first-order valence-electron chi connectivity index (χ1n) is 13.3. The van der Waals surface area contributed by atoms with E-state index < -0.39 is 22.7 Å². The standard InChI is InChI=1S/C31H37F2NO2/c1-18(2)10-12-31(36)13-11-25-22-8-6-19-14-20(35)7-9-21(19)29(22)24(17-30(25,31)3)23-15-27(33)28(34(4)5)16-26(23)32/h14-16,18,22,24-25,36H,6-9,11,13,17H2,1-5H3/t22-,24+,25-,30-,31-/m0/s1. The minimum atomic E-state index is -1.16. The molecule has 3 nitrogen and oxygen atoms in total. The van der Waals surface area contributed by atoms with Gasteiger partial charge in [0.1, 0.15) is 17.2 Å². The van der Waals surface area contributed by atoms with Crippen molar-refractivity contribution in [3.63, 3.8) is 0 Å². The summed E-state index contributed by atoms with van der Waals surface area (Å²) in [6.45, 7) is 6.15. The Morgan fingerprint density at radius 3 is 2.56 bits per heavy atom. The number of hydrogen-bond donors (Lipinski definition) is 1. The summed E-state index contributed by atoms with van der Waals surface area (Å²) in [4.78, 5) is 13.8. The van der Waals surface area contributed by atoms with Crippen LogP contribution in [0, 0.1) is 46.6 Å². The number of allylic oxidation sites excluding steroid dienone is 4. The third-order valence-electron chi connectivity index (χ3n) is 9.38. The number of aliphatic hydroxyl groups is 1. The zero-order chi connectivity index (χ0) is 26.0. The van der Waals surface area contributed by atoms with Gasteiger partial charge in [-0.2, -0.15) is 0 Å². The molecule has 192 valence electrons. The van der Waals surface area contributed by atoms with Gasteiger partial charge in [0.05, 0.1) is 5.69 Å². The van der Waals surface area contributed by atoms with Crippen molar-refractivity contribution in [2.45, 2.75) is 77.2 Å². The average Bonchev–Trinajstić information content (AvgIpc) is 3.08. The van der Waals surface area contributed by atoms with E-state index in [9.17, 15) is 9.90 Å². The van der Waals surface area contributed by atoms with Crippen LogP contribution in [0.2, 0.25) is 0 Å². The molecule has 1 aromatic rings. The predicted molar refractivity (Wildman–Crippen MR) is 139 cm³/mol. The van der Waals surface area contributed by atoms with Crippen LogP contribution in [0.15, 0.2) is 34.9 Å². The first-order chi connectivity index (χ1) is 16.9. The zero-order valence-corrected chi connectivity index (χ0v) is 22.0. The molecule has 1 aromatic carbocycles. The van der Waals surface area contributed by atoms with Crippen molar-refractivity contribution in [1.82, 2.24) is 0 Å². The minimum Gasteiger partial charge on any atom is -0.377 e. The molecule has 4 aliphatic carbocycles. The average molecular weight is 494 g/mol. The van der Waals surface area contributed by atoms with Crippen molar-refractivity contribution in [1.29, 1.82) is 0 Å². The van der Waals surface area contributed by atoms with Gasteiger partial charge < -0.3 is 10.0 Å². The fraction of sp³-hybridized carbons (Fsp3) is 0.581. The molecule has 0 bridgehead atoms. The lowest BCUT2D eigenvalue weighted by Crippen LogP contribution is -2.51. The van der Waals surface area contributed by atoms with Gasteiger partial charge in [0, 0.05) is 43.8 Å². The summed E-state index contributed by atoms with van der Waals surface area (Å²) < 4.78 is 31.0. The van der Waals surface area contributed by atoms with Crippen LogP contribution in [0.5, 0.6) is 0 Å². The molecule has 0 saturated heterocycles. The number of hydrogen-bond acceptors (Lipinski definition) is 3. The highest BCUT2D eigenvalue weighted by molar-refractivity contribution is 5.93. The third-order valence-corrected chi connectivity index (χ3v) is 9.38. The van der Waals surface area contributed by atoms with Crippen LogP contribution in [0.1, 0.15) is 77.2 Å². The highest BCUT2D eigenvalue weighted by atomic mass is 19.1. The van der Waals surface area contributed by atoms with E-state index in [0.717, 1.165) is 24.8 Å². The van der Waals surface area contributed by atoms with Crippen LogP contribution < -0.4 is 4.90 Å². The molecule has 2 saturated carbocycles. The molecule has 0 unspecified atom stereocenters. The second-order valence-corrected chi connectivity index (χ2v) is 12.0. The van der Waals surface area contributed by atoms with E-state index in [1.807, 2.05) is 13.8 Å². The van der Waals surface area contributed by atoms with Gasteiger partial charge in [0.2, 0.25) is 0 Å². The number of halogens is 2. The van der Waals surface area contributed by atoms with Crippen LogP contribution in [0.3, 0.4) is 0 Å². The number of carbonyl (C=O) groups excluding carboxylic acids is 1. The molecule has 0 spiro atoms. The second-order valence-electron chi connectivity index (χ2n) is 12.0. The molecule has 5 heteroatoms. The lowest BCUT2D eigenvalue weighted by atomic mass is 9.51. The van der Waals surface area contributed by atoms with Gasteiger partial charge in [-0.25, -0.2) is 8.78 Å². The van der Waals surface area contributed by atoms with Crippen LogP contribution in [0.25, 0.3) is 0 Å². The molecule has 0 radical (unpaired) electrons. The number of fused-ring (bicyclic) bond motifs is 4. The normalized spacial score (nSPS) is 33.4. The summed E-state index contributed by atoms with van der Waals surface area (Å²) in [6.07, 6.45) is 6.55. The highest BCUT2D eigenvalue weighted by Gasteiger charge is 2.62. The van der Waals surface area contributed by atoms with Crippen molar-refractivity contribution in [2.24, 2.45) is 23.2 Å². The molecule has 2 fully saturated rings. The predicted octanol–water partition coefficient (Wildman–Crippen LogP) is 6.32. The summed E-state index contributed by atoms with van der Waals surface area (Å²) in [5, 5.41) is 11.9. The van der Waals surface area contributed by atoms with Crippen molar-refractivity contribution in [2.75, 3.05) is 19.0 Å². The summed E-state index contributed by atoms with van der Waals surface area (Å²) in [7, 11) is 3.40. The van der Waals surface area contributed by atoms with Gasteiger partial charge in [-0.1, -0.05) is 38.2 Å². The Labute approximate surface area is 213 Å². The maximum Gasteiger partial charge on any atom is 0.156 e. The summed E-state index contributed by atoms with van der Waals surface area (Å²) in [5.74, 6) is 5.89. The first kappa shape index (κ1) is 25.2. The Kier molecular flexibility index (Phi) is 6.19. The van der Waals surface area contributed by atoms with E-state index in [2.05, 4.69) is 18.8 Å². The molecule has 0 amide bonds. The SMILES string of the molecule is CC(C)C#C[C@]1(O)CC[C@H]2[C@@H]3CCC4=CC(=O)CCC4=C3[C@@H](c3cc(F)c(N(C)C)cc3F)C[C@@]21C. The van der Waals surface area contributed by atoms with Gasteiger partial charge in [-0.15, -0.1) is 0 Å². The maximum absolute atomic E-state index is 15.8. The van der Waals surface area contributed by atoms with Crippen LogP contribution >= 0.6 is 0 Å². The lowest BCUT2D eigenvalue weighted by molar-refractivity contribution is -0.114. The summed E-state index contributed by atoms with van der Waals surface area (Å²) in [6, 6.07) is 2.66. The zero-order valence-electron chi connectivity index (χ0n) is 22.0. The minimum absolute atomic E-state index is 0.140. The Morgan fingerprint density at radius 1 is 1.11 bits per heavy atom. The topological polar surface area (TPSA) is 40.5 Å². The van der Waals surface area contributed by atoms with E-state index in [-0.39, 0.29) is 35.1 Å². The smallest absolute Gasteiger partial charge is 0.156 e. The molecule has 1 N–H and O–H groups in total. The molecule has 0 aliphatic heterocycles. The van der Waals surface area contributed by atoms with Gasteiger partial charge in [-0.3, -0.25) is 4.79 Å². The van der Waals surface area contributed by atoms with Crippen LogP contribution in [0.4, 0.5) is 14.5 Å². The number of ketones is 1. The first-order valence-corrected chi connectivity index (χ1v) is 13.3. The van der Waals surface area contributed by atoms with E-state index in [4.69, 9.17) is 0 Å². The molecular weight excluding hydrogens is 456 g/mol. The Bertz CT molecular complexity index is 1230. The number of nitrogens with zero attached hydrogens (tertiary/aromatic N) is 1. The van der Waals surface area contributed by atoms with Crippen molar-refractivity contribution in [3.05, 3.63) is 52.1 Å².